The van der Waals surface area contributed by atoms with Crippen LogP contribution < -0.4 is 4.90 Å². The van der Waals surface area contributed by atoms with Gasteiger partial charge in [0, 0.05) is 42.7 Å². The Hall–Kier alpha value is -2.08. The third-order valence-corrected chi connectivity index (χ3v) is 3.94. The number of aryl methyl sites for hydroxylation is 1. The molecular formula is C17H19N3. The fourth-order valence-electron chi connectivity index (χ4n) is 2.83. The maximum absolute atomic E-state index is 8.64. The Labute approximate surface area is 119 Å². The molecule has 1 aromatic heterocycles. The second-order valence-corrected chi connectivity index (χ2v) is 5.39. The van der Waals surface area contributed by atoms with E-state index in [0.29, 0.717) is 6.42 Å². The van der Waals surface area contributed by atoms with Crippen LogP contribution in [0.4, 0.5) is 5.69 Å². The van der Waals surface area contributed by atoms with Gasteiger partial charge in [-0.1, -0.05) is 6.07 Å². The normalized spacial score (nSPS) is 15.2. The van der Waals surface area contributed by atoms with E-state index in [0.717, 1.165) is 17.6 Å². The summed E-state index contributed by atoms with van der Waals surface area (Å²) in [5.41, 5.74) is 3.34. The van der Waals surface area contributed by atoms with Gasteiger partial charge in [0.1, 0.15) is 0 Å². The molecule has 3 heteroatoms. The smallest absolute Gasteiger partial charge is 0.0706 e. The molecule has 0 unspecified atom stereocenters. The lowest BCUT2D eigenvalue weighted by atomic mass is 10.1. The van der Waals surface area contributed by atoms with Crippen molar-refractivity contribution in [3.8, 4) is 6.07 Å². The summed E-state index contributed by atoms with van der Waals surface area (Å²) in [6, 6.07) is 12.9. The van der Waals surface area contributed by atoms with Crippen LogP contribution in [0.15, 0.2) is 30.3 Å². The molecule has 0 N–H and O–H groups in total. The number of nitriles is 1. The van der Waals surface area contributed by atoms with Crippen molar-refractivity contribution in [2.24, 2.45) is 0 Å². The van der Waals surface area contributed by atoms with E-state index in [9.17, 15) is 0 Å². The zero-order valence-electron chi connectivity index (χ0n) is 11.7. The van der Waals surface area contributed by atoms with Crippen LogP contribution in [0.1, 0.15) is 31.4 Å². The Morgan fingerprint density at radius 1 is 1.10 bits per heavy atom. The number of anilines is 1. The monoisotopic (exact) mass is 265 g/mol. The zero-order valence-corrected chi connectivity index (χ0v) is 11.7. The minimum Gasteiger partial charge on any atom is -0.372 e. The molecule has 1 fully saturated rings. The van der Waals surface area contributed by atoms with E-state index in [1.54, 1.807) is 0 Å². The third kappa shape index (κ3) is 2.75. The van der Waals surface area contributed by atoms with Crippen LogP contribution in [-0.4, -0.2) is 18.1 Å². The quantitative estimate of drug-likeness (QED) is 0.850. The van der Waals surface area contributed by atoms with Crippen molar-refractivity contribution in [1.29, 1.82) is 5.26 Å². The van der Waals surface area contributed by atoms with Gasteiger partial charge in [-0.2, -0.15) is 5.26 Å². The number of hydrogen-bond acceptors (Lipinski definition) is 3. The molecule has 0 saturated carbocycles. The minimum absolute atomic E-state index is 0.532. The number of nitrogens with zero attached hydrogens (tertiary/aromatic N) is 3. The molecule has 0 atom stereocenters. The van der Waals surface area contributed by atoms with Crippen LogP contribution in [-0.2, 0) is 6.42 Å². The summed E-state index contributed by atoms with van der Waals surface area (Å²) in [5, 5.41) is 9.83. The summed E-state index contributed by atoms with van der Waals surface area (Å²) in [7, 11) is 0. The van der Waals surface area contributed by atoms with E-state index in [2.05, 4.69) is 40.2 Å². The van der Waals surface area contributed by atoms with Crippen molar-refractivity contribution >= 4 is 16.6 Å². The SMILES string of the molecule is N#CCCc1ccc2cc(N3CCCCC3)ccc2n1. The Morgan fingerprint density at radius 2 is 1.95 bits per heavy atom. The van der Waals surface area contributed by atoms with Crippen molar-refractivity contribution in [3.05, 3.63) is 36.0 Å². The molecule has 3 nitrogen and oxygen atoms in total. The summed E-state index contributed by atoms with van der Waals surface area (Å²) < 4.78 is 0. The Bertz CT molecular complexity index is 636. The second kappa shape index (κ2) is 5.92. The molecule has 1 aliphatic rings. The molecule has 0 aliphatic carbocycles. The summed E-state index contributed by atoms with van der Waals surface area (Å²) in [4.78, 5) is 7.09. The van der Waals surface area contributed by atoms with E-state index < -0.39 is 0 Å². The topological polar surface area (TPSA) is 39.9 Å². The van der Waals surface area contributed by atoms with Crippen LogP contribution in [0.2, 0.25) is 0 Å². The lowest BCUT2D eigenvalue weighted by Crippen LogP contribution is -2.29. The maximum atomic E-state index is 8.64. The number of piperidine rings is 1. The number of fused-ring (bicyclic) bond motifs is 1. The first-order chi connectivity index (χ1) is 9.86. The van der Waals surface area contributed by atoms with Gasteiger partial charge in [0.15, 0.2) is 0 Å². The Kier molecular flexibility index (Phi) is 3.83. The molecule has 0 spiro atoms. The van der Waals surface area contributed by atoms with Crippen LogP contribution >= 0.6 is 0 Å². The predicted octanol–water partition coefficient (Wildman–Crippen LogP) is 3.68. The highest BCUT2D eigenvalue weighted by Crippen LogP contribution is 2.24. The molecule has 1 aliphatic heterocycles. The Balaban J connectivity index is 1.86. The number of benzene rings is 1. The number of rotatable bonds is 3. The molecule has 2 aromatic rings. The van der Waals surface area contributed by atoms with Crippen molar-refractivity contribution in [1.82, 2.24) is 4.98 Å². The number of aromatic nitrogens is 1. The van der Waals surface area contributed by atoms with Gasteiger partial charge < -0.3 is 4.90 Å². The molecule has 0 amide bonds. The van der Waals surface area contributed by atoms with Gasteiger partial charge >= 0.3 is 0 Å². The van der Waals surface area contributed by atoms with Gasteiger partial charge in [0.25, 0.3) is 0 Å². The second-order valence-electron chi connectivity index (χ2n) is 5.39. The highest BCUT2D eigenvalue weighted by atomic mass is 15.1. The highest BCUT2D eigenvalue weighted by Gasteiger charge is 2.11. The summed E-state index contributed by atoms with van der Waals surface area (Å²) >= 11 is 0. The van der Waals surface area contributed by atoms with E-state index >= 15 is 0 Å². The van der Waals surface area contributed by atoms with E-state index in [1.165, 1.54) is 43.4 Å². The fourth-order valence-corrected chi connectivity index (χ4v) is 2.83. The first kappa shape index (κ1) is 12.9. The number of hydrogen-bond donors (Lipinski definition) is 0. The van der Waals surface area contributed by atoms with Gasteiger partial charge in [-0.05, 0) is 43.5 Å². The first-order valence-electron chi connectivity index (χ1n) is 7.38. The average molecular weight is 265 g/mol. The van der Waals surface area contributed by atoms with Crippen LogP contribution in [0, 0.1) is 11.3 Å². The van der Waals surface area contributed by atoms with Gasteiger partial charge in [0.05, 0.1) is 11.6 Å². The lowest BCUT2D eigenvalue weighted by molar-refractivity contribution is 0.578. The maximum Gasteiger partial charge on any atom is 0.0706 e. The molecule has 20 heavy (non-hydrogen) atoms. The minimum atomic E-state index is 0.532. The van der Waals surface area contributed by atoms with Gasteiger partial charge in [-0.15, -0.1) is 0 Å². The predicted molar refractivity (Wildman–Crippen MR) is 81.7 cm³/mol. The Morgan fingerprint density at radius 3 is 2.75 bits per heavy atom. The molecule has 102 valence electrons. The standard InChI is InChI=1S/C17H19N3/c18-10-4-5-15-7-6-14-13-16(8-9-17(14)19-15)20-11-2-1-3-12-20/h6-9,13H,1-5,11-12H2. The molecule has 0 bridgehead atoms. The van der Waals surface area contributed by atoms with Gasteiger partial charge in [0.2, 0.25) is 0 Å². The van der Waals surface area contributed by atoms with Gasteiger partial charge in [-0.25, -0.2) is 0 Å². The summed E-state index contributed by atoms with van der Waals surface area (Å²) in [5.74, 6) is 0. The molecule has 3 rings (SSSR count). The summed E-state index contributed by atoms with van der Waals surface area (Å²) in [6.45, 7) is 2.33. The fraction of sp³-hybridized carbons (Fsp3) is 0.412. The summed E-state index contributed by atoms with van der Waals surface area (Å²) in [6.07, 6.45) is 5.21. The molecule has 1 saturated heterocycles. The molecule has 2 heterocycles. The largest absolute Gasteiger partial charge is 0.372 e. The lowest BCUT2D eigenvalue weighted by Gasteiger charge is -2.29. The van der Waals surface area contributed by atoms with Crippen LogP contribution in [0.5, 0.6) is 0 Å². The number of pyridine rings is 1. The molecular weight excluding hydrogens is 246 g/mol. The van der Waals surface area contributed by atoms with E-state index in [4.69, 9.17) is 5.26 Å². The van der Waals surface area contributed by atoms with Crippen molar-refractivity contribution in [2.75, 3.05) is 18.0 Å². The third-order valence-electron chi connectivity index (χ3n) is 3.94. The highest BCUT2D eigenvalue weighted by molar-refractivity contribution is 5.82. The van der Waals surface area contributed by atoms with Crippen LogP contribution in [0.3, 0.4) is 0 Å². The van der Waals surface area contributed by atoms with E-state index in [1.807, 2.05) is 6.07 Å². The van der Waals surface area contributed by atoms with Crippen molar-refractivity contribution in [3.63, 3.8) is 0 Å². The van der Waals surface area contributed by atoms with Crippen molar-refractivity contribution in [2.45, 2.75) is 32.1 Å². The van der Waals surface area contributed by atoms with Gasteiger partial charge in [-0.3, -0.25) is 4.98 Å². The average Bonchev–Trinajstić information content (AvgIpc) is 2.53. The van der Waals surface area contributed by atoms with Crippen LogP contribution in [0.25, 0.3) is 10.9 Å². The molecule has 1 aromatic carbocycles. The van der Waals surface area contributed by atoms with Crippen molar-refractivity contribution < 1.29 is 0 Å². The zero-order chi connectivity index (χ0) is 13.8. The van der Waals surface area contributed by atoms with E-state index in [-0.39, 0.29) is 0 Å². The first-order valence-corrected chi connectivity index (χ1v) is 7.38. The molecule has 0 radical (unpaired) electrons.